The Balaban J connectivity index is 2.51. The van der Waals surface area contributed by atoms with Crippen molar-refractivity contribution in [1.82, 2.24) is 0 Å². The van der Waals surface area contributed by atoms with Gasteiger partial charge in [0.25, 0.3) is 0 Å². The molecule has 1 aromatic rings. The van der Waals surface area contributed by atoms with E-state index in [1.165, 1.54) is 0 Å². The Bertz CT molecular complexity index is 482. The Morgan fingerprint density at radius 3 is 2.44 bits per heavy atom. The van der Waals surface area contributed by atoms with Gasteiger partial charge in [-0.2, -0.15) is 0 Å². The first-order chi connectivity index (χ1) is 8.56. The van der Waals surface area contributed by atoms with E-state index in [4.69, 9.17) is 0 Å². The number of hydrogen-bond donors (Lipinski definition) is 0. The molecule has 1 aliphatic heterocycles. The Morgan fingerprint density at radius 2 is 1.89 bits per heavy atom. The Morgan fingerprint density at radius 1 is 1.28 bits per heavy atom. The van der Waals surface area contributed by atoms with E-state index in [9.17, 15) is 9.59 Å². The van der Waals surface area contributed by atoms with Gasteiger partial charge in [-0.25, -0.2) is 0 Å². The highest BCUT2D eigenvalue weighted by atomic mass is 16.2. The summed E-state index contributed by atoms with van der Waals surface area (Å²) in [5, 5.41) is 0. The molecule has 1 aromatic carbocycles. The number of rotatable bonds is 2. The Labute approximate surface area is 107 Å². The molecule has 1 aliphatic rings. The van der Waals surface area contributed by atoms with Gasteiger partial charge in [0.05, 0.1) is 11.4 Å². The summed E-state index contributed by atoms with van der Waals surface area (Å²) in [6.45, 7) is 5.91. The van der Waals surface area contributed by atoms with Crippen molar-refractivity contribution in [2.45, 2.75) is 33.2 Å². The quantitative estimate of drug-likeness (QED) is 0.802. The van der Waals surface area contributed by atoms with Crippen LogP contribution in [0, 0.1) is 0 Å². The van der Waals surface area contributed by atoms with Crippen LogP contribution in [0.15, 0.2) is 24.3 Å². The monoisotopic (exact) mass is 246 g/mol. The van der Waals surface area contributed by atoms with Gasteiger partial charge in [0, 0.05) is 12.5 Å². The molecule has 18 heavy (non-hydrogen) atoms. The lowest BCUT2D eigenvalue weighted by Gasteiger charge is -2.38. The molecule has 0 unspecified atom stereocenters. The first-order valence-electron chi connectivity index (χ1n) is 6.27. The maximum atomic E-state index is 12.2. The number of amides is 2. The standard InChI is InChI=1S/C14H18N2O2/c1-4-13(17)15-9-14(18)16(10(2)3)12-8-6-5-7-11(12)15/h5-8,10H,4,9H2,1-3H3. The molecule has 0 atom stereocenters. The summed E-state index contributed by atoms with van der Waals surface area (Å²) >= 11 is 0. The lowest BCUT2D eigenvalue weighted by molar-refractivity contribution is -0.123. The van der Waals surface area contributed by atoms with Gasteiger partial charge in [0.15, 0.2) is 0 Å². The van der Waals surface area contributed by atoms with E-state index in [2.05, 4.69) is 0 Å². The minimum absolute atomic E-state index is 0.0146. The molecule has 1 heterocycles. The maximum absolute atomic E-state index is 12.2. The molecule has 2 rings (SSSR count). The number of benzene rings is 1. The molecule has 4 heteroatoms. The van der Waals surface area contributed by atoms with Crippen LogP contribution in [0.1, 0.15) is 27.2 Å². The predicted molar refractivity (Wildman–Crippen MR) is 71.7 cm³/mol. The average molecular weight is 246 g/mol. The Kier molecular flexibility index (Phi) is 3.36. The average Bonchev–Trinajstić information content (AvgIpc) is 2.36. The zero-order valence-corrected chi connectivity index (χ0v) is 11.0. The van der Waals surface area contributed by atoms with Crippen molar-refractivity contribution in [1.29, 1.82) is 0 Å². The molecule has 2 amide bonds. The smallest absolute Gasteiger partial charge is 0.247 e. The molecule has 0 saturated heterocycles. The highest BCUT2D eigenvalue weighted by molar-refractivity contribution is 6.11. The first kappa shape index (κ1) is 12.6. The molecule has 0 spiro atoms. The molecule has 0 fully saturated rings. The van der Waals surface area contributed by atoms with Crippen molar-refractivity contribution in [3.8, 4) is 0 Å². The summed E-state index contributed by atoms with van der Waals surface area (Å²) in [6.07, 6.45) is 0.406. The highest BCUT2D eigenvalue weighted by Gasteiger charge is 2.32. The second kappa shape index (κ2) is 4.80. The summed E-state index contributed by atoms with van der Waals surface area (Å²) in [4.78, 5) is 27.4. The van der Waals surface area contributed by atoms with E-state index in [0.29, 0.717) is 6.42 Å². The third-order valence-corrected chi connectivity index (χ3v) is 3.11. The number of carbonyl (C=O) groups excluding carboxylic acids is 2. The second-order valence-electron chi connectivity index (χ2n) is 4.68. The fraction of sp³-hybridized carbons (Fsp3) is 0.429. The van der Waals surface area contributed by atoms with Gasteiger partial charge in [0.2, 0.25) is 11.8 Å². The van der Waals surface area contributed by atoms with Crippen molar-refractivity contribution in [3.05, 3.63) is 24.3 Å². The second-order valence-corrected chi connectivity index (χ2v) is 4.68. The van der Waals surface area contributed by atoms with Crippen LogP contribution in [0.4, 0.5) is 11.4 Å². The molecular weight excluding hydrogens is 228 g/mol. The normalized spacial score (nSPS) is 15.0. The van der Waals surface area contributed by atoms with Crippen molar-refractivity contribution < 1.29 is 9.59 Å². The van der Waals surface area contributed by atoms with Gasteiger partial charge in [0.1, 0.15) is 6.54 Å². The molecule has 0 N–H and O–H groups in total. The zero-order chi connectivity index (χ0) is 13.3. The number of hydrogen-bond acceptors (Lipinski definition) is 2. The molecule has 0 aliphatic carbocycles. The summed E-state index contributed by atoms with van der Waals surface area (Å²) in [5.41, 5.74) is 1.66. The van der Waals surface area contributed by atoms with Crippen LogP contribution in [0.25, 0.3) is 0 Å². The fourth-order valence-electron chi connectivity index (χ4n) is 2.31. The van der Waals surface area contributed by atoms with Crippen LogP contribution in [0.5, 0.6) is 0 Å². The van der Waals surface area contributed by atoms with E-state index in [-0.39, 0.29) is 24.4 Å². The largest absolute Gasteiger partial charge is 0.306 e. The molecule has 0 bridgehead atoms. The van der Waals surface area contributed by atoms with Crippen LogP contribution in [0.3, 0.4) is 0 Å². The van der Waals surface area contributed by atoms with Crippen molar-refractivity contribution in [2.24, 2.45) is 0 Å². The number of para-hydroxylation sites is 2. The van der Waals surface area contributed by atoms with Crippen LogP contribution in [-0.2, 0) is 9.59 Å². The first-order valence-corrected chi connectivity index (χ1v) is 6.27. The lowest BCUT2D eigenvalue weighted by Crippen LogP contribution is -2.50. The van der Waals surface area contributed by atoms with Gasteiger partial charge in [-0.05, 0) is 26.0 Å². The molecule has 0 aromatic heterocycles. The van der Waals surface area contributed by atoms with Gasteiger partial charge in [-0.3, -0.25) is 9.59 Å². The molecular formula is C14H18N2O2. The van der Waals surface area contributed by atoms with Gasteiger partial charge in [-0.15, -0.1) is 0 Å². The third-order valence-electron chi connectivity index (χ3n) is 3.11. The maximum Gasteiger partial charge on any atom is 0.247 e. The summed E-state index contributed by atoms with van der Waals surface area (Å²) in [7, 11) is 0. The highest BCUT2D eigenvalue weighted by Crippen LogP contribution is 2.34. The molecule has 0 radical (unpaired) electrons. The van der Waals surface area contributed by atoms with Crippen molar-refractivity contribution in [2.75, 3.05) is 16.3 Å². The van der Waals surface area contributed by atoms with Gasteiger partial charge in [-0.1, -0.05) is 19.1 Å². The minimum Gasteiger partial charge on any atom is -0.306 e. The van der Waals surface area contributed by atoms with Crippen molar-refractivity contribution in [3.63, 3.8) is 0 Å². The van der Waals surface area contributed by atoms with E-state index in [1.807, 2.05) is 45.0 Å². The van der Waals surface area contributed by atoms with Crippen LogP contribution < -0.4 is 9.80 Å². The predicted octanol–water partition coefficient (Wildman–Crippen LogP) is 2.18. The number of anilines is 2. The molecule has 0 saturated carbocycles. The lowest BCUT2D eigenvalue weighted by atomic mass is 10.1. The summed E-state index contributed by atoms with van der Waals surface area (Å²) < 4.78 is 0. The molecule has 96 valence electrons. The van der Waals surface area contributed by atoms with Crippen LogP contribution >= 0.6 is 0 Å². The zero-order valence-electron chi connectivity index (χ0n) is 11.0. The summed E-state index contributed by atoms with van der Waals surface area (Å²) in [6, 6.07) is 7.66. The van der Waals surface area contributed by atoms with E-state index in [0.717, 1.165) is 11.4 Å². The topological polar surface area (TPSA) is 40.6 Å². The van der Waals surface area contributed by atoms with Gasteiger partial charge < -0.3 is 9.80 Å². The number of fused-ring (bicyclic) bond motifs is 1. The van der Waals surface area contributed by atoms with Crippen LogP contribution in [0.2, 0.25) is 0 Å². The van der Waals surface area contributed by atoms with E-state index >= 15 is 0 Å². The molecule has 4 nitrogen and oxygen atoms in total. The third kappa shape index (κ3) is 1.98. The minimum atomic E-state index is -0.0227. The fourth-order valence-corrected chi connectivity index (χ4v) is 2.31. The van der Waals surface area contributed by atoms with E-state index in [1.54, 1.807) is 9.80 Å². The summed E-state index contributed by atoms with van der Waals surface area (Å²) in [5.74, 6) is -0.0373. The number of carbonyl (C=O) groups is 2. The van der Waals surface area contributed by atoms with Crippen LogP contribution in [-0.4, -0.2) is 24.4 Å². The number of nitrogens with zero attached hydrogens (tertiary/aromatic N) is 2. The SMILES string of the molecule is CCC(=O)N1CC(=O)N(C(C)C)c2ccccc21. The van der Waals surface area contributed by atoms with Crippen molar-refractivity contribution >= 4 is 23.2 Å². The van der Waals surface area contributed by atoms with Gasteiger partial charge >= 0.3 is 0 Å². The Hall–Kier alpha value is -1.84. The van der Waals surface area contributed by atoms with E-state index < -0.39 is 0 Å².